The molecular formula is C20H27ClN4O. The molecule has 1 atom stereocenters. The minimum absolute atomic E-state index is 0.259. The summed E-state index contributed by atoms with van der Waals surface area (Å²) in [6, 6.07) is 11.6. The third-order valence-corrected chi connectivity index (χ3v) is 4.77. The fraction of sp³-hybridized carbons (Fsp3) is 0.400. The summed E-state index contributed by atoms with van der Waals surface area (Å²) in [7, 11) is 0. The Morgan fingerprint density at radius 1 is 1.12 bits per heavy atom. The van der Waals surface area contributed by atoms with Crippen LogP contribution in [0, 0.1) is 5.41 Å². The Morgan fingerprint density at radius 2 is 1.77 bits per heavy atom. The summed E-state index contributed by atoms with van der Waals surface area (Å²) in [6.07, 6.45) is 8.32. The fourth-order valence-electron chi connectivity index (χ4n) is 2.55. The van der Waals surface area contributed by atoms with Gasteiger partial charge in [0.25, 0.3) is 0 Å². The van der Waals surface area contributed by atoms with Crippen LogP contribution < -0.4 is 0 Å². The molecule has 0 bridgehead atoms. The molecule has 26 heavy (non-hydrogen) atoms. The van der Waals surface area contributed by atoms with Gasteiger partial charge >= 0.3 is 0 Å². The van der Waals surface area contributed by atoms with Gasteiger partial charge in [0.2, 0.25) is 0 Å². The van der Waals surface area contributed by atoms with E-state index in [9.17, 15) is 5.11 Å². The van der Waals surface area contributed by atoms with Gasteiger partial charge in [0.05, 0.1) is 12.1 Å². The Morgan fingerprint density at radius 3 is 2.23 bits per heavy atom. The van der Waals surface area contributed by atoms with Crippen LogP contribution in [0.1, 0.15) is 32.8 Å². The molecule has 0 saturated carbocycles. The highest BCUT2D eigenvalue weighted by molar-refractivity contribution is 6.30. The van der Waals surface area contributed by atoms with E-state index in [-0.39, 0.29) is 5.41 Å². The Hall–Kier alpha value is -2.11. The normalized spacial score (nSPS) is 13.6. The van der Waals surface area contributed by atoms with Crippen LogP contribution in [-0.4, -0.2) is 30.5 Å². The van der Waals surface area contributed by atoms with Gasteiger partial charge in [0, 0.05) is 17.4 Å². The van der Waals surface area contributed by atoms with E-state index in [2.05, 4.69) is 15.1 Å². The lowest BCUT2D eigenvalue weighted by molar-refractivity contribution is -0.0796. The first-order valence-electron chi connectivity index (χ1n) is 8.67. The number of halogens is 1. The van der Waals surface area contributed by atoms with Crippen LogP contribution in [0.15, 0.2) is 61.4 Å². The highest BCUT2D eigenvalue weighted by Gasteiger charge is 2.40. The molecule has 0 amide bonds. The first-order chi connectivity index (χ1) is 12.3. The van der Waals surface area contributed by atoms with Gasteiger partial charge in [0.15, 0.2) is 0 Å². The van der Waals surface area contributed by atoms with Crippen LogP contribution in [0.4, 0.5) is 0 Å². The lowest BCUT2D eigenvalue weighted by Gasteiger charge is -2.40. The average Bonchev–Trinajstić information content (AvgIpc) is 3.30. The number of nitrogens with one attached hydrogen (secondary N) is 1. The second kappa shape index (κ2) is 9.01. The molecule has 0 radical (unpaired) electrons. The van der Waals surface area contributed by atoms with Crippen molar-refractivity contribution in [3.8, 4) is 0 Å². The Kier molecular flexibility index (Phi) is 7.00. The Labute approximate surface area is 160 Å². The van der Waals surface area contributed by atoms with Gasteiger partial charge in [0.1, 0.15) is 12.7 Å². The first-order valence-corrected chi connectivity index (χ1v) is 9.05. The van der Waals surface area contributed by atoms with Gasteiger partial charge in [-0.15, -0.1) is 0 Å². The van der Waals surface area contributed by atoms with Gasteiger partial charge in [-0.1, -0.05) is 44.5 Å². The molecular weight excluding hydrogens is 348 g/mol. The highest BCUT2D eigenvalue weighted by Crippen LogP contribution is 2.35. The predicted octanol–water partition coefficient (Wildman–Crippen LogP) is 4.36. The molecule has 1 aromatic carbocycles. The van der Waals surface area contributed by atoms with Crippen LogP contribution in [-0.2, 0) is 13.0 Å². The van der Waals surface area contributed by atoms with E-state index in [1.165, 1.54) is 11.9 Å². The zero-order valence-corrected chi connectivity index (χ0v) is 16.3. The Bertz CT molecular complexity index is 716. The molecule has 0 saturated heterocycles. The van der Waals surface area contributed by atoms with E-state index in [1.54, 1.807) is 11.0 Å². The molecule has 2 heterocycles. The van der Waals surface area contributed by atoms with E-state index in [1.807, 2.05) is 69.6 Å². The summed E-state index contributed by atoms with van der Waals surface area (Å²) in [5.74, 6) is 0. The minimum Gasteiger partial charge on any atom is -0.387 e. The monoisotopic (exact) mass is 374 g/mol. The van der Waals surface area contributed by atoms with E-state index in [4.69, 9.17) is 11.6 Å². The lowest BCUT2D eigenvalue weighted by atomic mass is 9.73. The van der Waals surface area contributed by atoms with Gasteiger partial charge in [-0.25, -0.2) is 4.98 Å². The zero-order valence-electron chi connectivity index (χ0n) is 15.6. The third kappa shape index (κ3) is 6.00. The van der Waals surface area contributed by atoms with Crippen molar-refractivity contribution < 1.29 is 5.11 Å². The summed E-state index contributed by atoms with van der Waals surface area (Å²) in [4.78, 5) is 6.80. The number of benzene rings is 1. The number of nitrogens with zero attached hydrogens (tertiary/aromatic N) is 3. The standard InChI is InChI=1S/C16H22ClN3O.C4H5N/c1-15(2,3)16(21,10-20-12-18-11-19-20)9-8-13-4-6-14(17)7-5-13;1-2-4-5-3-1/h4-7,11-12,21H,8-10H2,1-3H3;1-5H. The third-order valence-electron chi connectivity index (χ3n) is 4.52. The highest BCUT2D eigenvalue weighted by atomic mass is 35.5. The van der Waals surface area contributed by atoms with Crippen molar-refractivity contribution >= 4 is 11.6 Å². The summed E-state index contributed by atoms with van der Waals surface area (Å²) < 4.78 is 1.69. The largest absolute Gasteiger partial charge is 0.387 e. The van der Waals surface area contributed by atoms with Crippen LogP contribution in [0.3, 0.4) is 0 Å². The topological polar surface area (TPSA) is 66.7 Å². The number of rotatable bonds is 5. The number of aliphatic hydroxyl groups is 1. The predicted molar refractivity (Wildman–Crippen MR) is 105 cm³/mol. The summed E-state index contributed by atoms with van der Waals surface area (Å²) in [5, 5.41) is 16.0. The molecule has 2 N–H and O–H groups in total. The smallest absolute Gasteiger partial charge is 0.137 e. The van der Waals surface area contributed by atoms with Crippen LogP contribution in [0.5, 0.6) is 0 Å². The van der Waals surface area contributed by atoms with Crippen molar-refractivity contribution in [3.63, 3.8) is 0 Å². The molecule has 0 aliphatic carbocycles. The lowest BCUT2D eigenvalue weighted by Crippen LogP contribution is -2.47. The van der Waals surface area contributed by atoms with Gasteiger partial charge in [-0.2, -0.15) is 5.10 Å². The first kappa shape index (κ1) is 20.2. The van der Waals surface area contributed by atoms with Crippen molar-refractivity contribution in [1.82, 2.24) is 19.7 Å². The summed E-state index contributed by atoms with van der Waals surface area (Å²) in [6.45, 7) is 6.58. The molecule has 3 rings (SSSR count). The number of hydrogen-bond donors (Lipinski definition) is 2. The van der Waals surface area contributed by atoms with E-state index in [0.717, 1.165) is 11.4 Å². The molecule has 6 heteroatoms. The van der Waals surface area contributed by atoms with Gasteiger partial charge in [-0.05, 0) is 48.1 Å². The molecule has 0 aliphatic heterocycles. The average molecular weight is 375 g/mol. The SMILES string of the molecule is CC(C)(C)C(O)(CCc1ccc(Cl)cc1)Cn1cncn1.c1cc[nH]c1. The summed E-state index contributed by atoms with van der Waals surface area (Å²) in [5.41, 5.74) is 0.0479. The number of aromatic amines is 1. The van der Waals surface area contributed by atoms with E-state index in [0.29, 0.717) is 13.0 Å². The maximum Gasteiger partial charge on any atom is 0.137 e. The maximum absolute atomic E-state index is 11.1. The maximum atomic E-state index is 11.1. The van der Waals surface area contributed by atoms with Crippen molar-refractivity contribution in [1.29, 1.82) is 0 Å². The quantitative estimate of drug-likeness (QED) is 0.697. The van der Waals surface area contributed by atoms with Crippen LogP contribution in [0.25, 0.3) is 0 Å². The van der Waals surface area contributed by atoms with Crippen molar-refractivity contribution in [3.05, 3.63) is 72.0 Å². The molecule has 0 spiro atoms. The summed E-state index contributed by atoms with van der Waals surface area (Å²) >= 11 is 5.90. The number of aryl methyl sites for hydroxylation is 1. The molecule has 0 aliphatic rings. The van der Waals surface area contributed by atoms with Gasteiger partial charge < -0.3 is 10.1 Å². The Balaban J connectivity index is 0.000000417. The minimum atomic E-state index is -0.861. The molecule has 2 aromatic heterocycles. The molecule has 3 aromatic rings. The molecule has 0 fully saturated rings. The second-order valence-electron chi connectivity index (χ2n) is 7.39. The van der Waals surface area contributed by atoms with Gasteiger partial charge in [-0.3, -0.25) is 4.68 Å². The second-order valence-corrected chi connectivity index (χ2v) is 7.82. The fourth-order valence-corrected chi connectivity index (χ4v) is 2.68. The van der Waals surface area contributed by atoms with Crippen molar-refractivity contribution in [2.45, 2.75) is 45.8 Å². The van der Waals surface area contributed by atoms with E-state index >= 15 is 0 Å². The number of hydrogen-bond acceptors (Lipinski definition) is 3. The van der Waals surface area contributed by atoms with Crippen LogP contribution >= 0.6 is 11.6 Å². The molecule has 140 valence electrons. The zero-order chi connectivity index (χ0) is 19.0. The van der Waals surface area contributed by atoms with Crippen molar-refractivity contribution in [2.24, 2.45) is 5.41 Å². The number of H-pyrrole nitrogens is 1. The van der Waals surface area contributed by atoms with E-state index < -0.39 is 5.60 Å². The van der Waals surface area contributed by atoms with Crippen molar-refractivity contribution in [2.75, 3.05) is 0 Å². The van der Waals surface area contributed by atoms with Crippen LogP contribution in [0.2, 0.25) is 5.02 Å². The molecule has 5 nitrogen and oxygen atoms in total. The number of aromatic nitrogens is 4. The molecule has 1 unspecified atom stereocenters.